The van der Waals surface area contributed by atoms with Crippen molar-refractivity contribution >= 4 is 29.2 Å². The summed E-state index contributed by atoms with van der Waals surface area (Å²) in [7, 11) is 0. The lowest BCUT2D eigenvalue weighted by Gasteiger charge is -2.32. The maximum atomic E-state index is 12.2. The van der Waals surface area contributed by atoms with Gasteiger partial charge in [0, 0.05) is 13.1 Å². The van der Waals surface area contributed by atoms with Gasteiger partial charge in [0.25, 0.3) is 0 Å². The van der Waals surface area contributed by atoms with Crippen LogP contribution in [0.1, 0.15) is 25.3 Å². The zero-order chi connectivity index (χ0) is 20.0. The number of amides is 2. The number of aliphatic imine (C=N–C) groups is 1. The maximum absolute atomic E-state index is 12.2. The van der Waals surface area contributed by atoms with E-state index in [2.05, 4.69) is 15.0 Å². The van der Waals surface area contributed by atoms with Crippen LogP contribution in [0.3, 0.4) is 0 Å². The van der Waals surface area contributed by atoms with Gasteiger partial charge >= 0.3 is 12.4 Å². The number of rotatable bonds is 3. The Morgan fingerprint density at radius 2 is 1.93 bits per heavy atom. The molecule has 1 aliphatic heterocycles. The van der Waals surface area contributed by atoms with E-state index in [9.17, 15) is 18.0 Å². The van der Waals surface area contributed by atoms with Gasteiger partial charge in [0.05, 0.1) is 5.84 Å². The van der Waals surface area contributed by atoms with Crippen LogP contribution in [0.25, 0.3) is 0 Å². The van der Waals surface area contributed by atoms with Crippen LogP contribution in [0.4, 0.5) is 18.0 Å². The first-order chi connectivity index (χ1) is 12.6. The van der Waals surface area contributed by atoms with Crippen molar-refractivity contribution in [3.05, 3.63) is 29.8 Å². The Morgan fingerprint density at radius 3 is 2.44 bits per heavy atom. The number of nitrogens with zero attached hydrogens (tertiary/aromatic N) is 2. The highest BCUT2D eigenvalue weighted by molar-refractivity contribution is 7.80. The predicted octanol–water partition coefficient (Wildman–Crippen LogP) is 3.21. The predicted molar refractivity (Wildman–Crippen MR) is 99.6 cm³/mol. The number of thiocarbonyl (C=S) groups is 1. The van der Waals surface area contributed by atoms with Gasteiger partial charge in [-0.15, -0.1) is 13.2 Å². The first kappa shape index (κ1) is 20.9. The number of nitrogens with one attached hydrogen (secondary N) is 1. The number of hydrogen-bond donors (Lipinski definition) is 2. The first-order valence-corrected chi connectivity index (χ1v) is 8.78. The molecule has 0 atom stereocenters. The number of alkyl halides is 3. The fourth-order valence-electron chi connectivity index (χ4n) is 2.86. The topological polar surface area (TPSA) is 79.9 Å². The highest BCUT2D eigenvalue weighted by Gasteiger charge is 2.31. The highest BCUT2D eigenvalue weighted by atomic mass is 32.1. The molecule has 0 unspecified atom stereocenters. The van der Waals surface area contributed by atoms with Gasteiger partial charge in [-0.1, -0.05) is 12.1 Å². The molecule has 1 aliphatic rings. The summed E-state index contributed by atoms with van der Waals surface area (Å²) in [6.07, 6.45) is -2.37. The number of urea groups is 1. The summed E-state index contributed by atoms with van der Waals surface area (Å²) in [6.45, 7) is 2.71. The Kier molecular flexibility index (Phi) is 7.00. The fraction of sp³-hybridized carbons (Fsp3) is 0.471. The number of ether oxygens (including phenoxy) is 1. The van der Waals surface area contributed by atoms with Crippen LogP contribution in [0, 0.1) is 5.92 Å². The molecular weight excluding hydrogens is 381 g/mol. The van der Waals surface area contributed by atoms with Crippen LogP contribution < -0.4 is 15.8 Å². The minimum Gasteiger partial charge on any atom is -0.406 e. The smallest absolute Gasteiger partial charge is 0.406 e. The third kappa shape index (κ3) is 7.41. The average Bonchev–Trinajstić information content (AvgIpc) is 2.55. The molecule has 0 spiro atoms. The molecule has 2 rings (SSSR count). The second-order valence-corrected chi connectivity index (χ2v) is 6.70. The molecule has 1 saturated heterocycles. The number of hydrogen-bond acceptors (Lipinski definition) is 3. The van der Waals surface area contributed by atoms with Gasteiger partial charge in [-0.2, -0.15) is 0 Å². The van der Waals surface area contributed by atoms with Gasteiger partial charge in [-0.25, -0.2) is 9.79 Å². The van der Waals surface area contributed by atoms with Crippen molar-refractivity contribution in [2.24, 2.45) is 16.6 Å². The lowest BCUT2D eigenvalue weighted by Crippen LogP contribution is -2.46. The average molecular weight is 402 g/mol. The van der Waals surface area contributed by atoms with E-state index in [4.69, 9.17) is 18.0 Å². The van der Waals surface area contributed by atoms with Crippen molar-refractivity contribution < 1.29 is 22.7 Å². The van der Waals surface area contributed by atoms with Crippen LogP contribution in [-0.4, -0.2) is 41.3 Å². The lowest BCUT2D eigenvalue weighted by molar-refractivity contribution is -0.274. The van der Waals surface area contributed by atoms with Gasteiger partial charge in [0.2, 0.25) is 5.11 Å². The summed E-state index contributed by atoms with van der Waals surface area (Å²) >= 11 is 4.92. The minimum absolute atomic E-state index is 0.0308. The third-order valence-corrected chi connectivity index (χ3v) is 4.27. The van der Waals surface area contributed by atoms with Crippen LogP contribution in [0.5, 0.6) is 5.75 Å². The van der Waals surface area contributed by atoms with Crippen molar-refractivity contribution in [3.63, 3.8) is 0 Å². The number of piperidine rings is 1. The van der Waals surface area contributed by atoms with E-state index in [1.165, 1.54) is 12.1 Å². The van der Waals surface area contributed by atoms with Crippen LogP contribution >= 0.6 is 12.2 Å². The molecule has 10 heteroatoms. The summed E-state index contributed by atoms with van der Waals surface area (Å²) in [5.41, 5.74) is 6.34. The van der Waals surface area contributed by atoms with Gasteiger partial charge in [0.15, 0.2) is 0 Å². The molecule has 6 nitrogen and oxygen atoms in total. The van der Waals surface area contributed by atoms with Crippen molar-refractivity contribution in [3.8, 4) is 5.75 Å². The van der Waals surface area contributed by atoms with Crippen molar-refractivity contribution in [1.82, 2.24) is 10.2 Å². The first-order valence-electron chi connectivity index (χ1n) is 8.38. The molecule has 1 heterocycles. The highest BCUT2D eigenvalue weighted by Crippen LogP contribution is 2.25. The van der Waals surface area contributed by atoms with E-state index in [1.807, 2.05) is 0 Å². The Hall–Kier alpha value is -2.36. The molecule has 2 amide bonds. The van der Waals surface area contributed by atoms with E-state index in [1.54, 1.807) is 24.0 Å². The molecule has 148 valence electrons. The third-order valence-electron chi connectivity index (χ3n) is 4.07. The number of carbonyl (C=O) groups is 1. The second-order valence-electron chi connectivity index (χ2n) is 6.31. The minimum atomic E-state index is -4.69. The molecule has 1 aromatic rings. The zero-order valence-electron chi connectivity index (χ0n) is 14.8. The summed E-state index contributed by atoms with van der Waals surface area (Å²) in [5, 5.41) is 2.55. The molecule has 0 aliphatic carbocycles. The number of halogens is 3. The van der Waals surface area contributed by atoms with Gasteiger partial charge in [0.1, 0.15) is 5.75 Å². The van der Waals surface area contributed by atoms with Gasteiger partial charge in [-0.3, -0.25) is 5.32 Å². The molecule has 3 N–H and O–H groups in total. The van der Waals surface area contributed by atoms with Crippen LogP contribution in [-0.2, 0) is 6.42 Å². The Morgan fingerprint density at radius 1 is 1.33 bits per heavy atom. The number of likely N-dealkylation sites (tertiary alicyclic amines) is 1. The molecule has 0 aromatic heterocycles. The Labute approximate surface area is 160 Å². The molecule has 1 aromatic carbocycles. The van der Waals surface area contributed by atoms with Crippen molar-refractivity contribution in [1.29, 1.82) is 0 Å². The van der Waals surface area contributed by atoms with Gasteiger partial charge in [-0.05, 0) is 62.0 Å². The number of carbonyl (C=O) groups excluding carboxylic acids is 1. The molecule has 0 radical (unpaired) electrons. The van der Waals surface area contributed by atoms with Crippen LogP contribution in [0.15, 0.2) is 29.3 Å². The maximum Gasteiger partial charge on any atom is 0.573 e. The largest absolute Gasteiger partial charge is 0.573 e. The molecule has 0 bridgehead atoms. The van der Waals surface area contributed by atoms with Crippen molar-refractivity contribution in [2.75, 3.05) is 13.1 Å². The number of benzene rings is 1. The molecule has 1 fully saturated rings. The standard InChI is InChI=1S/C17H21F3N4O2S/c1-11(21)22-15(27)23-16(25)24-8-6-13(7-9-24)10-12-2-4-14(5-3-12)26-17(18,19)20/h2-5,13H,6-10H2,1H3,(H3,21,22,23,25,27). The quantitative estimate of drug-likeness (QED) is 0.462. The Balaban J connectivity index is 1.79. The van der Waals surface area contributed by atoms with E-state index in [-0.39, 0.29) is 22.7 Å². The Bertz CT molecular complexity index is 695. The normalized spacial score (nSPS) is 16.1. The second kappa shape index (κ2) is 9.03. The lowest BCUT2D eigenvalue weighted by atomic mass is 9.90. The van der Waals surface area contributed by atoms with E-state index in [0.717, 1.165) is 24.8 Å². The summed E-state index contributed by atoms with van der Waals surface area (Å²) in [5.74, 6) is 0.384. The van der Waals surface area contributed by atoms with E-state index < -0.39 is 6.36 Å². The summed E-state index contributed by atoms with van der Waals surface area (Å²) in [6, 6.07) is 5.58. The SMILES string of the molecule is C/C(N)=N/C(=S)NC(=O)N1CCC(Cc2ccc(OC(F)(F)F)cc2)CC1. The molecular formula is C17H21F3N4O2S. The molecule has 27 heavy (non-hydrogen) atoms. The number of nitrogens with two attached hydrogens (primary N) is 1. The van der Waals surface area contributed by atoms with E-state index >= 15 is 0 Å². The number of amidine groups is 1. The molecule has 0 saturated carbocycles. The zero-order valence-corrected chi connectivity index (χ0v) is 15.6. The summed E-state index contributed by atoms with van der Waals surface area (Å²) in [4.78, 5) is 17.6. The summed E-state index contributed by atoms with van der Waals surface area (Å²) < 4.78 is 40.4. The van der Waals surface area contributed by atoms with Crippen molar-refractivity contribution in [2.45, 2.75) is 32.5 Å². The monoisotopic (exact) mass is 402 g/mol. The van der Waals surface area contributed by atoms with Gasteiger partial charge < -0.3 is 15.4 Å². The fourth-order valence-corrected chi connectivity index (χ4v) is 3.09. The van der Waals surface area contributed by atoms with Crippen LogP contribution in [0.2, 0.25) is 0 Å². The van der Waals surface area contributed by atoms with E-state index in [0.29, 0.717) is 19.0 Å².